The number of benzene rings is 1. The Balaban J connectivity index is 1.96. The van der Waals surface area contributed by atoms with Crippen molar-refractivity contribution in [1.29, 1.82) is 0 Å². The van der Waals surface area contributed by atoms with Crippen molar-refractivity contribution in [3.8, 4) is 5.69 Å². The molecule has 2 rings (SSSR count). The van der Waals surface area contributed by atoms with Gasteiger partial charge in [0.15, 0.2) is 5.96 Å². The fraction of sp³-hybridized carbons (Fsp3) is 0.412. The zero-order valence-corrected chi connectivity index (χ0v) is 13.6. The lowest BCUT2D eigenvalue weighted by atomic mass is 10.1. The largest absolute Gasteiger partial charge is 0.356 e. The first-order valence-electron chi connectivity index (χ1n) is 7.71. The van der Waals surface area contributed by atoms with Gasteiger partial charge in [-0.1, -0.05) is 32.0 Å². The van der Waals surface area contributed by atoms with Gasteiger partial charge >= 0.3 is 0 Å². The van der Waals surface area contributed by atoms with E-state index in [9.17, 15) is 0 Å². The number of rotatable bonds is 6. The summed E-state index contributed by atoms with van der Waals surface area (Å²) in [5.41, 5.74) is 2.33. The fourth-order valence-electron chi connectivity index (χ4n) is 2.19. The lowest BCUT2D eigenvalue weighted by molar-refractivity contribution is 0.573. The van der Waals surface area contributed by atoms with Gasteiger partial charge in [0.05, 0.1) is 12.0 Å². The Morgan fingerprint density at radius 1 is 1.27 bits per heavy atom. The molecule has 0 spiro atoms. The van der Waals surface area contributed by atoms with Gasteiger partial charge in [0.2, 0.25) is 0 Å². The van der Waals surface area contributed by atoms with Crippen molar-refractivity contribution in [2.75, 3.05) is 13.6 Å². The van der Waals surface area contributed by atoms with Gasteiger partial charge in [0, 0.05) is 32.5 Å². The van der Waals surface area contributed by atoms with E-state index in [0.717, 1.165) is 31.2 Å². The number of guanidine groups is 1. The van der Waals surface area contributed by atoms with Gasteiger partial charge in [-0.2, -0.15) is 0 Å². The highest BCUT2D eigenvalue weighted by atomic mass is 15.2. The smallest absolute Gasteiger partial charge is 0.191 e. The van der Waals surface area contributed by atoms with Crippen LogP contribution < -0.4 is 10.6 Å². The van der Waals surface area contributed by atoms with Crippen molar-refractivity contribution < 1.29 is 0 Å². The number of nitrogens with one attached hydrogen (secondary N) is 2. The van der Waals surface area contributed by atoms with Crippen molar-refractivity contribution in [2.45, 2.75) is 26.8 Å². The highest BCUT2D eigenvalue weighted by Gasteiger charge is 2.05. The summed E-state index contributed by atoms with van der Waals surface area (Å²) in [5, 5.41) is 6.71. The molecule has 1 aromatic carbocycles. The SMILES string of the molecule is CN=C(NCCC(C)C)NCc1ccccc1-n1ccnc1. The van der Waals surface area contributed by atoms with Crippen LogP contribution in [0, 0.1) is 5.92 Å². The number of aliphatic imine (C=N–C) groups is 1. The molecule has 0 radical (unpaired) electrons. The molecule has 2 aromatic rings. The number of hydrogen-bond acceptors (Lipinski definition) is 2. The number of aromatic nitrogens is 2. The molecular formula is C17H25N5. The first-order valence-corrected chi connectivity index (χ1v) is 7.71. The number of para-hydroxylation sites is 1. The van der Waals surface area contributed by atoms with Gasteiger partial charge in [0.25, 0.3) is 0 Å². The molecule has 0 aliphatic rings. The van der Waals surface area contributed by atoms with E-state index < -0.39 is 0 Å². The topological polar surface area (TPSA) is 54.2 Å². The van der Waals surface area contributed by atoms with Gasteiger partial charge in [0.1, 0.15) is 0 Å². The summed E-state index contributed by atoms with van der Waals surface area (Å²) in [6.07, 6.45) is 6.69. The molecule has 0 atom stereocenters. The molecule has 0 unspecified atom stereocenters. The third-order valence-corrected chi connectivity index (χ3v) is 3.46. The maximum absolute atomic E-state index is 4.27. The van der Waals surface area contributed by atoms with Gasteiger partial charge in [-0.25, -0.2) is 4.98 Å². The Labute approximate surface area is 132 Å². The molecule has 0 saturated heterocycles. The first-order chi connectivity index (χ1) is 10.7. The van der Waals surface area contributed by atoms with Gasteiger partial charge in [-0.05, 0) is 24.0 Å². The number of hydrogen-bond donors (Lipinski definition) is 2. The molecule has 0 bridgehead atoms. The molecule has 0 amide bonds. The highest BCUT2D eigenvalue weighted by Crippen LogP contribution is 2.13. The molecule has 0 fully saturated rings. The molecular weight excluding hydrogens is 274 g/mol. The summed E-state index contributed by atoms with van der Waals surface area (Å²) in [4.78, 5) is 8.38. The Morgan fingerprint density at radius 3 is 2.77 bits per heavy atom. The molecule has 1 aromatic heterocycles. The van der Waals surface area contributed by atoms with Crippen LogP contribution in [0.1, 0.15) is 25.8 Å². The second-order valence-corrected chi connectivity index (χ2v) is 5.63. The van der Waals surface area contributed by atoms with Crippen LogP contribution in [0.4, 0.5) is 0 Å². The number of nitrogens with zero attached hydrogens (tertiary/aromatic N) is 3. The van der Waals surface area contributed by atoms with Crippen molar-refractivity contribution in [1.82, 2.24) is 20.2 Å². The van der Waals surface area contributed by atoms with Crippen LogP contribution in [-0.4, -0.2) is 29.1 Å². The Kier molecular flexibility index (Phi) is 6.01. The second-order valence-electron chi connectivity index (χ2n) is 5.63. The van der Waals surface area contributed by atoms with Crippen molar-refractivity contribution in [3.63, 3.8) is 0 Å². The van der Waals surface area contributed by atoms with E-state index in [1.165, 1.54) is 5.56 Å². The first kappa shape index (κ1) is 16.1. The normalized spacial score (nSPS) is 11.7. The van der Waals surface area contributed by atoms with Crippen LogP contribution in [-0.2, 0) is 6.54 Å². The van der Waals surface area contributed by atoms with E-state index in [2.05, 4.69) is 46.6 Å². The van der Waals surface area contributed by atoms with Crippen molar-refractivity contribution in [2.24, 2.45) is 10.9 Å². The van der Waals surface area contributed by atoms with E-state index in [1.807, 2.05) is 29.2 Å². The molecule has 5 heteroatoms. The van der Waals surface area contributed by atoms with Gasteiger partial charge in [-0.15, -0.1) is 0 Å². The van der Waals surface area contributed by atoms with Crippen LogP contribution in [0.3, 0.4) is 0 Å². The predicted molar refractivity (Wildman–Crippen MR) is 91.2 cm³/mol. The highest BCUT2D eigenvalue weighted by molar-refractivity contribution is 5.79. The Bertz CT molecular complexity index is 587. The molecule has 0 aliphatic carbocycles. The molecule has 2 N–H and O–H groups in total. The Morgan fingerprint density at radius 2 is 2.09 bits per heavy atom. The minimum absolute atomic E-state index is 0.688. The van der Waals surface area contributed by atoms with E-state index in [4.69, 9.17) is 0 Å². The monoisotopic (exact) mass is 299 g/mol. The minimum atomic E-state index is 0.688. The van der Waals surface area contributed by atoms with E-state index in [0.29, 0.717) is 5.92 Å². The summed E-state index contributed by atoms with van der Waals surface area (Å²) >= 11 is 0. The third-order valence-electron chi connectivity index (χ3n) is 3.46. The molecule has 22 heavy (non-hydrogen) atoms. The summed E-state index contributed by atoms with van der Waals surface area (Å²) in [5.74, 6) is 1.52. The number of imidazole rings is 1. The quantitative estimate of drug-likeness (QED) is 0.637. The second kappa shape index (κ2) is 8.22. The summed E-state index contributed by atoms with van der Waals surface area (Å²) in [6.45, 7) is 6.09. The summed E-state index contributed by atoms with van der Waals surface area (Å²) in [6, 6.07) is 8.29. The third kappa shape index (κ3) is 4.62. The van der Waals surface area contributed by atoms with Gasteiger partial charge < -0.3 is 15.2 Å². The van der Waals surface area contributed by atoms with Crippen LogP contribution in [0.2, 0.25) is 0 Å². The maximum Gasteiger partial charge on any atom is 0.191 e. The molecule has 118 valence electrons. The standard InChI is InChI=1S/C17H25N5/c1-14(2)8-9-20-17(18-3)21-12-15-6-4-5-7-16(15)22-11-10-19-13-22/h4-7,10-11,13-14H,8-9,12H2,1-3H3,(H2,18,20,21). The zero-order valence-electron chi connectivity index (χ0n) is 13.6. The van der Waals surface area contributed by atoms with E-state index >= 15 is 0 Å². The van der Waals surface area contributed by atoms with E-state index in [-0.39, 0.29) is 0 Å². The fourth-order valence-corrected chi connectivity index (χ4v) is 2.19. The summed E-state index contributed by atoms with van der Waals surface area (Å²) in [7, 11) is 1.80. The van der Waals surface area contributed by atoms with Crippen molar-refractivity contribution in [3.05, 3.63) is 48.5 Å². The van der Waals surface area contributed by atoms with Crippen LogP contribution in [0.25, 0.3) is 5.69 Å². The minimum Gasteiger partial charge on any atom is -0.356 e. The lowest BCUT2D eigenvalue weighted by Crippen LogP contribution is -2.37. The average molecular weight is 299 g/mol. The average Bonchev–Trinajstić information content (AvgIpc) is 3.05. The van der Waals surface area contributed by atoms with Crippen LogP contribution >= 0.6 is 0 Å². The molecule has 1 heterocycles. The maximum atomic E-state index is 4.27. The van der Waals surface area contributed by atoms with Crippen LogP contribution in [0.15, 0.2) is 48.0 Å². The van der Waals surface area contributed by atoms with Gasteiger partial charge in [-0.3, -0.25) is 4.99 Å². The van der Waals surface area contributed by atoms with Crippen LogP contribution in [0.5, 0.6) is 0 Å². The Hall–Kier alpha value is -2.30. The van der Waals surface area contributed by atoms with Crippen molar-refractivity contribution >= 4 is 5.96 Å². The molecule has 0 saturated carbocycles. The predicted octanol–water partition coefficient (Wildman–Crippen LogP) is 2.58. The summed E-state index contributed by atoms with van der Waals surface area (Å²) < 4.78 is 2.02. The van der Waals surface area contributed by atoms with E-state index in [1.54, 1.807) is 13.2 Å². The zero-order chi connectivity index (χ0) is 15.8. The lowest BCUT2D eigenvalue weighted by Gasteiger charge is -2.15. The molecule has 5 nitrogen and oxygen atoms in total. The molecule has 0 aliphatic heterocycles.